The van der Waals surface area contributed by atoms with Gasteiger partial charge in [-0.25, -0.2) is 4.39 Å². The molecule has 0 spiro atoms. The summed E-state index contributed by atoms with van der Waals surface area (Å²) in [7, 11) is 0. The lowest BCUT2D eigenvalue weighted by Gasteiger charge is -2.07. The van der Waals surface area contributed by atoms with E-state index in [0.29, 0.717) is 32.2 Å². The van der Waals surface area contributed by atoms with Crippen LogP contribution in [0.15, 0.2) is 18.2 Å². The van der Waals surface area contributed by atoms with Gasteiger partial charge in [0, 0.05) is 6.42 Å². The summed E-state index contributed by atoms with van der Waals surface area (Å²) in [4.78, 5) is 21.2. The van der Waals surface area contributed by atoms with Crippen molar-refractivity contribution in [1.82, 2.24) is 5.32 Å². The van der Waals surface area contributed by atoms with Crippen molar-refractivity contribution in [3.8, 4) is 5.75 Å². The van der Waals surface area contributed by atoms with Gasteiger partial charge < -0.3 is 14.8 Å². The lowest BCUT2D eigenvalue weighted by molar-refractivity contribution is -0.122. The van der Waals surface area contributed by atoms with Crippen molar-refractivity contribution in [3.05, 3.63) is 29.6 Å². The Morgan fingerprint density at radius 3 is 2.89 bits per heavy atom. The molecule has 1 aromatic rings. The molecule has 0 aromatic heterocycles. The van der Waals surface area contributed by atoms with Crippen LogP contribution in [0.25, 0.3) is 0 Å². The molecule has 0 aliphatic rings. The van der Waals surface area contributed by atoms with E-state index in [9.17, 15) is 14.0 Å². The highest BCUT2D eigenvalue weighted by Gasteiger charge is 2.04. The highest BCUT2D eigenvalue weighted by atomic mass is 19.1. The predicted molar refractivity (Wildman–Crippen MR) is 69.6 cm³/mol. The minimum Gasteiger partial charge on any atom is -0.491 e. The van der Waals surface area contributed by atoms with Gasteiger partial charge in [-0.1, -0.05) is 6.07 Å². The Kier molecular flexibility index (Phi) is 6.57. The molecule has 19 heavy (non-hydrogen) atoms. The van der Waals surface area contributed by atoms with Crippen molar-refractivity contribution < 1.29 is 18.7 Å². The molecular formula is C14H18FNO3. The topological polar surface area (TPSA) is 55.4 Å². The van der Waals surface area contributed by atoms with Gasteiger partial charge in [0.1, 0.15) is 6.29 Å². The summed E-state index contributed by atoms with van der Waals surface area (Å²) in [6, 6.07) is 4.80. The van der Waals surface area contributed by atoms with Crippen LogP contribution in [0.3, 0.4) is 0 Å². The number of aryl methyl sites for hydroxylation is 1. The highest BCUT2D eigenvalue weighted by Crippen LogP contribution is 2.18. The van der Waals surface area contributed by atoms with Crippen molar-refractivity contribution in [2.75, 3.05) is 13.2 Å². The second-order valence-electron chi connectivity index (χ2n) is 4.21. The van der Waals surface area contributed by atoms with Crippen molar-refractivity contribution in [2.24, 2.45) is 0 Å². The minimum atomic E-state index is -0.372. The van der Waals surface area contributed by atoms with E-state index in [0.717, 1.165) is 5.56 Å². The molecule has 1 amide bonds. The van der Waals surface area contributed by atoms with E-state index in [1.807, 2.05) is 6.92 Å². The molecule has 0 aliphatic heterocycles. The van der Waals surface area contributed by atoms with Crippen LogP contribution in [-0.2, 0) is 9.59 Å². The van der Waals surface area contributed by atoms with E-state index in [-0.39, 0.29) is 24.0 Å². The molecule has 5 heteroatoms. The largest absolute Gasteiger partial charge is 0.491 e. The van der Waals surface area contributed by atoms with Crippen LogP contribution in [0.5, 0.6) is 5.75 Å². The van der Waals surface area contributed by atoms with Gasteiger partial charge in [-0.2, -0.15) is 0 Å². The fourth-order valence-corrected chi connectivity index (χ4v) is 1.54. The molecule has 1 rings (SSSR count). The number of unbranched alkanes of at least 4 members (excludes halogenated alkanes) is 1. The Balaban J connectivity index is 2.17. The predicted octanol–water partition coefficient (Wildman–Crippen LogP) is 2.00. The Hall–Kier alpha value is -1.91. The van der Waals surface area contributed by atoms with E-state index in [1.54, 1.807) is 12.1 Å². The van der Waals surface area contributed by atoms with Crippen LogP contribution in [0.4, 0.5) is 4.39 Å². The maximum atomic E-state index is 13.4. The van der Waals surface area contributed by atoms with Gasteiger partial charge in [-0.3, -0.25) is 4.79 Å². The number of hydrogen-bond acceptors (Lipinski definition) is 3. The molecule has 104 valence electrons. The third-order valence-electron chi connectivity index (χ3n) is 2.53. The van der Waals surface area contributed by atoms with E-state index in [1.165, 1.54) is 6.07 Å². The molecule has 0 aliphatic carbocycles. The summed E-state index contributed by atoms with van der Waals surface area (Å²) in [5.74, 6) is -0.298. The zero-order valence-corrected chi connectivity index (χ0v) is 10.9. The van der Waals surface area contributed by atoms with Crippen molar-refractivity contribution in [1.29, 1.82) is 0 Å². The monoisotopic (exact) mass is 267 g/mol. The van der Waals surface area contributed by atoms with Crippen molar-refractivity contribution in [2.45, 2.75) is 26.2 Å². The quantitative estimate of drug-likeness (QED) is 0.579. The minimum absolute atomic E-state index is 0.0455. The van der Waals surface area contributed by atoms with Gasteiger partial charge in [0.2, 0.25) is 5.91 Å². The number of carbonyl (C=O) groups is 2. The number of amides is 1. The molecule has 0 bridgehead atoms. The molecule has 0 radical (unpaired) electrons. The number of aldehydes is 1. The first-order valence-corrected chi connectivity index (χ1v) is 6.22. The lowest BCUT2D eigenvalue weighted by atomic mass is 10.2. The van der Waals surface area contributed by atoms with Crippen LogP contribution >= 0.6 is 0 Å². The number of halogens is 1. The molecule has 0 saturated carbocycles. The smallest absolute Gasteiger partial charge is 0.220 e. The fraction of sp³-hybridized carbons (Fsp3) is 0.429. The van der Waals surface area contributed by atoms with E-state index >= 15 is 0 Å². The number of hydrogen-bond donors (Lipinski definition) is 1. The SMILES string of the molecule is Cc1ccc(OCCCCC(=O)NCC=O)c(F)c1. The summed E-state index contributed by atoms with van der Waals surface area (Å²) in [6.07, 6.45) is 2.27. The second kappa shape index (κ2) is 8.24. The third-order valence-corrected chi connectivity index (χ3v) is 2.53. The normalized spacial score (nSPS) is 10.0. The molecule has 0 unspecified atom stereocenters. The zero-order valence-electron chi connectivity index (χ0n) is 10.9. The van der Waals surface area contributed by atoms with Gasteiger partial charge >= 0.3 is 0 Å². The van der Waals surface area contributed by atoms with Gasteiger partial charge in [0.05, 0.1) is 13.2 Å². The van der Waals surface area contributed by atoms with Crippen LogP contribution in [0, 0.1) is 12.7 Å². The van der Waals surface area contributed by atoms with Gasteiger partial charge in [-0.05, 0) is 37.5 Å². The molecular weight excluding hydrogens is 249 g/mol. The van der Waals surface area contributed by atoms with Crippen LogP contribution in [0.2, 0.25) is 0 Å². The van der Waals surface area contributed by atoms with Crippen LogP contribution < -0.4 is 10.1 Å². The maximum absolute atomic E-state index is 13.4. The van der Waals surface area contributed by atoms with Crippen molar-refractivity contribution >= 4 is 12.2 Å². The van der Waals surface area contributed by atoms with E-state index < -0.39 is 0 Å². The Bertz CT molecular complexity index is 435. The number of nitrogens with one attached hydrogen (secondary N) is 1. The summed E-state index contributed by atoms with van der Waals surface area (Å²) >= 11 is 0. The first kappa shape index (κ1) is 15.1. The zero-order chi connectivity index (χ0) is 14.1. The summed E-state index contributed by atoms with van der Waals surface area (Å²) < 4.78 is 18.7. The molecule has 1 N–H and O–H groups in total. The molecule has 4 nitrogen and oxygen atoms in total. The molecule has 1 aromatic carbocycles. The summed E-state index contributed by atoms with van der Waals surface area (Å²) in [5.41, 5.74) is 0.844. The lowest BCUT2D eigenvalue weighted by Crippen LogP contribution is -2.24. The van der Waals surface area contributed by atoms with E-state index in [2.05, 4.69) is 5.32 Å². The van der Waals surface area contributed by atoms with Crippen LogP contribution in [0.1, 0.15) is 24.8 Å². The number of benzene rings is 1. The van der Waals surface area contributed by atoms with Crippen molar-refractivity contribution in [3.63, 3.8) is 0 Å². The molecule has 0 heterocycles. The molecule has 0 saturated heterocycles. The summed E-state index contributed by atoms with van der Waals surface area (Å²) in [5, 5.41) is 2.45. The van der Waals surface area contributed by atoms with Gasteiger partial charge in [-0.15, -0.1) is 0 Å². The van der Waals surface area contributed by atoms with E-state index in [4.69, 9.17) is 4.74 Å². The number of ether oxygens (including phenoxy) is 1. The maximum Gasteiger partial charge on any atom is 0.220 e. The van der Waals surface area contributed by atoms with Gasteiger partial charge in [0.15, 0.2) is 11.6 Å². The first-order valence-electron chi connectivity index (χ1n) is 6.22. The van der Waals surface area contributed by atoms with Crippen LogP contribution in [-0.4, -0.2) is 25.3 Å². The average molecular weight is 267 g/mol. The first-order chi connectivity index (χ1) is 9.13. The Morgan fingerprint density at radius 1 is 1.42 bits per heavy atom. The Labute approximate surface area is 112 Å². The molecule has 0 fully saturated rings. The molecule has 0 atom stereocenters. The summed E-state index contributed by atoms with van der Waals surface area (Å²) in [6.45, 7) is 2.22. The highest BCUT2D eigenvalue weighted by molar-refractivity contribution is 5.78. The third kappa shape index (κ3) is 5.99. The standard InChI is InChI=1S/C14H18FNO3/c1-11-5-6-13(12(15)10-11)19-9-3-2-4-14(18)16-7-8-17/h5-6,8,10H,2-4,7,9H2,1H3,(H,16,18). The Morgan fingerprint density at radius 2 is 2.21 bits per heavy atom. The number of carbonyl (C=O) groups excluding carboxylic acids is 2. The second-order valence-corrected chi connectivity index (χ2v) is 4.21. The average Bonchev–Trinajstić information content (AvgIpc) is 2.38. The fourth-order valence-electron chi connectivity index (χ4n) is 1.54. The van der Waals surface area contributed by atoms with Gasteiger partial charge in [0.25, 0.3) is 0 Å². The number of rotatable bonds is 8.